The van der Waals surface area contributed by atoms with Gasteiger partial charge in [0.1, 0.15) is 4.49 Å². The van der Waals surface area contributed by atoms with Gasteiger partial charge in [-0.05, 0) is 38.1 Å². The van der Waals surface area contributed by atoms with Gasteiger partial charge in [0, 0.05) is 10.0 Å². The third-order valence-corrected chi connectivity index (χ3v) is 5.64. The lowest BCUT2D eigenvalue weighted by Crippen LogP contribution is -2.24. The quantitative estimate of drug-likeness (QED) is 0.614. The van der Waals surface area contributed by atoms with E-state index >= 15 is 0 Å². The van der Waals surface area contributed by atoms with E-state index < -0.39 is 13.5 Å². The highest BCUT2D eigenvalue weighted by Gasteiger charge is 2.34. The highest BCUT2D eigenvalue weighted by atomic mass is 79.9. The fourth-order valence-corrected chi connectivity index (χ4v) is 3.94. The number of halogens is 3. The normalized spacial score (nSPS) is 11.1. The van der Waals surface area contributed by atoms with E-state index in [0.717, 1.165) is 4.47 Å². The maximum atomic E-state index is 12.7. The third-order valence-electron chi connectivity index (χ3n) is 2.39. The maximum absolute atomic E-state index is 12.7. The number of benzene rings is 1. The summed E-state index contributed by atoms with van der Waals surface area (Å²) in [6.45, 7) is 3.50. The Morgan fingerprint density at radius 3 is 2.09 bits per heavy atom. The number of hydrogen-bond donors (Lipinski definition) is 1. The molecule has 0 heterocycles. The highest BCUT2D eigenvalue weighted by Crippen LogP contribution is 2.56. The number of carbonyl (C=O) groups is 1. The molecular weight excluding hydrogens is 416 g/mol. The van der Waals surface area contributed by atoms with Gasteiger partial charge in [0.2, 0.25) is 0 Å². The van der Waals surface area contributed by atoms with Crippen molar-refractivity contribution in [2.24, 2.45) is 0 Å². The molecule has 9 heteroatoms. The lowest BCUT2D eigenvalue weighted by Gasteiger charge is -2.20. The van der Waals surface area contributed by atoms with Crippen LogP contribution in [0.4, 0.5) is 0 Å². The first-order valence-electron chi connectivity index (χ1n) is 6.36. The SMILES string of the molecule is CCOP(=O)(OCC)C(NC(=O)c1ccc(Br)cc1)=C(Cl)Cl. The van der Waals surface area contributed by atoms with Crippen molar-refractivity contribution in [2.45, 2.75) is 13.8 Å². The van der Waals surface area contributed by atoms with Gasteiger partial charge in [0.25, 0.3) is 5.91 Å². The first-order chi connectivity index (χ1) is 10.3. The van der Waals surface area contributed by atoms with Crippen molar-refractivity contribution in [3.05, 3.63) is 44.2 Å². The van der Waals surface area contributed by atoms with Crippen LogP contribution in [0.2, 0.25) is 0 Å². The minimum Gasteiger partial charge on any atom is -0.313 e. The Bertz CT molecular complexity index is 593. The van der Waals surface area contributed by atoms with E-state index in [2.05, 4.69) is 21.2 Å². The molecule has 1 N–H and O–H groups in total. The molecular formula is C13H15BrCl2NO4P. The molecule has 0 bridgehead atoms. The van der Waals surface area contributed by atoms with Crippen molar-refractivity contribution in [3.8, 4) is 0 Å². The van der Waals surface area contributed by atoms with E-state index in [1.165, 1.54) is 0 Å². The summed E-state index contributed by atoms with van der Waals surface area (Å²) in [5.41, 5.74) is 0.0716. The second-order valence-corrected chi connectivity index (χ2v) is 7.73. The third kappa shape index (κ3) is 5.37. The largest absolute Gasteiger partial charge is 0.379 e. The first kappa shape index (κ1) is 19.7. The summed E-state index contributed by atoms with van der Waals surface area (Å²) >= 11 is 14.8. The molecule has 0 aliphatic rings. The van der Waals surface area contributed by atoms with Crippen LogP contribution in [0.25, 0.3) is 0 Å². The summed E-state index contributed by atoms with van der Waals surface area (Å²) in [5, 5.41) is 2.41. The first-order valence-corrected chi connectivity index (χ1v) is 9.45. The van der Waals surface area contributed by atoms with Crippen LogP contribution >= 0.6 is 46.7 Å². The molecule has 0 radical (unpaired) electrons. The topological polar surface area (TPSA) is 64.6 Å². The predicted octanol–water partition coefficient (Wildman–Crippen LogP) is 5.05. The van der Waals surface area contributed by atoms with Crippen LogP contribution in [0.5, 0.6) is 0 Å². The van der Waals surface area contributed by atoms with Gasteiger partial charge >= 0.3 is 7.60 Å². The lowest BCUT2D eigenvalue weighted by molar-refractivity contribution is 0.0964. The molecule has 0 aliphatic carbocycles. The van der Waals surface area contributed by atoms with Crippen molar-refractivity contribution in [2.75, 3.05) is 13.2 Å². The highest BCUT2D eigenvalue weighted by molar-refractivity contribution is 9.10. The zero-order valence-corrected chi connectivity index (χ0v) is 15.9. The Morgan fingerprint density at radius 1 is 1.18 bits per heavy atom. The Balaban J connectivity index is 3.07. The maximum Gasteiger partial charge on any atom is 0.379 e. The molecule has 1 amide bonds. The molecule has 0 aliphatic heterocycles. The van der Waals surface area contributed by atoms with Gasteiger partial charge in [0.05, 0.1) is 13.2 Å². The molecule has 1 aromatic rings. The summed E-state index contributed by atoms with van der Waals surface area (Å²) in [7, 11) is -3.79. The van der Waals surface area contributed by atoms with Crippen LogP contribution in [-0.4, -0.2) is 19.1 Å². The van der Waals surface area contributed by atoms with E-state index in [0.29, 0.717) is 5.56 Å². The summed E-state index contributed by atoms with van der Waals surface area (Å²) in [4.78, 5) is 12.2. The Kier molecular flexibility index (Phi) is 8.11. The summed E-state index contributed by atoms with van der Waals surface area (Å²) < 4.78 is 23.4. The molecule has 0 fully saturated rings. The van der Waals surface area contributed by atoms with Gasteiger partial charge in [-0.2, -0.15) is 0 Å². The molecule has 0 saturated carbocycles. The number of nitrogens with one attached hydrogen (secondary N) is 1. The molecule has 0 aromatic heterocycles. The van der Waals surface area contributed by atoms with E-state index in [4.69, 9.17) is 32.2 Å². The van der Waals surface area contributed by atoms with Gasteiger partial charge in [0.15, 0.2) is 5.44 Å². The monoisotopic (exact) mass is 429 g/mol. The minimum absolute atomic E-state index is 0.107. The van der Waals surface area contributed by atoms with Crippen molar-refractivity contribution in [1.82, 2.24) is 5.32 Å². The number of hydrogen-bond acceptors (Lipinski definition) is 4. The Morgan fingerprint density at radius 2 is 1.68 bits per heavy atom. The molecule has 122 valence electrons. The van der Waals surface area contributed by atoms with Crippen LogP contribution in [0.1, 0.15) is 24.2 Å². The van der Waals surface area contributed by atoms with Gasteiger partial charge < -0.3 is 14.4 Å². The van der Waals surface area contributed by atoms with Crippen LogP contribution in [0, 0.1) is 0 Å². The second-order valence-electron chi connectivity index (χ2n) is 3.90. The smallest absolute Gasteiger partial charge is 0.313 e. The molecule has 0 unspecified atom stereocenters. The van der Waals surface area contributed by atoms with Crippen molar-refractivity contribution >= 4 is 52.6 Å². The molecule has 0 saturated heterocycles. The molecule has 5 nitrogen and oxygen atoms in total. The zero-order valence-electron chi connectivity index (χ0n) is 11.9. The summed E-state index contributed by atoms with van der Waals surface area (Å²) in [5.74, 6) is -0.527. The average molecular weight is 431 g/mol. The Labute approximate surface area is 147 Å². The van der Waals surface area contributed by atoms with Crippen LogP contribution in [-0.2, 0) is 13.6 Å². The lowest BCUT2D eigenvalue weighted by atomic mass is 10.2. The van der Waals surface area contributed by atoms with E-state index in [1.807, 2.05) is 0 Å². The molecule has 0 atom stereocenters. The van der Waals surface area contributed by atoms with Crippen molar-refractivity contribution < 1.29 is 18.4 Å². The van der Waals surface area contributed by atoms with Crippen LogP contribution < -0.4 is 5.32 Å². The predicted molar refractivity (Wildman–Crippen MR) is 91.2 cm³/mol. The van der Waals surface area contributed by atoms with Crippen LogP contribution in [0.3, 0.4) is 0 Å². The Hall–Kier alpha value is -0.360. The van der Waals surface area contributed by atoms with Gasteiger partial charge in [-0.3, -0.25) is 9.36 Å². The molecule has 0 spiro atoms. The van der Waals surface area contributed by atoms with E-state index in [9.17, 15) is 9.36 Å². The fraction of sp³-hybridized carbons (Fsp3) is 0.308. The summed E-state index contributed by atoms with van der Waals surface area (Å²) in [6.07, 6.45) is 0. The standard InChI is InChI=1S/C13H15BrCl2NO4P/c1-3-20-22(19,21-4-2)13(11(15)16)17-12(18)9-5-7-10(14)8-6-9/h5-8H,3-4H2,1-2H3,(H,17,18). The van der Waals surface area contributed by atoms with Crippen molar-refractivity contribution in [1.29, 1.82) is 0 Å². The molecule has 1 rings (SSSR count). The number of amides is 1. The van der Waals surface area contributed by atoms with Crippen molar-refractivity contribution in [3.63, 3.8) is 0 Å². The van der Waals surface area contributed by atoms with Gasteiger partial charge in [-0.15, -0.1) is 0 Å². The minimum atomic E-state index is -3.79. The second kappa shape index (κ2) is 9.06. The van der Waals surface area contributed by atoms with E-state index in [-0.39, 0.29) is 23.1 Å². The molecule has 1 aromatic carbocycles. The average Bonchev–Trinajstić information content (AvgIpc) is 2.45. The molecule has 22 heavy (non-hydrogen) atoms. The number of rotatable bonds is 7. The fourth-order valence-electron chi connectivity index (χ4n) is 1.51. The van der Waals surface area contributed by atoms with Gasteiger partial charge in [-0.1, -0.05) is 39.1 Å². The van der Waals surface area contributed by atoms with Crippen LogP contribution in [0.15, 0.2) is 38.7 Å². The number of carbonyl (C=O) groups excluding carboxylic acids is 1. The van der Waals surface area contributed by atoms with Gasteiger partial charge in [-0.25, -0.2) is 0 Å². The van der Waals surface area contributed by atoms with E-state index in [1.54, 1.807) is 38.1 Å². The zero-order chi connectivity index (χ0) is 16.8. The summed E-state index contributed by atoms with van der Waals surface area (Å²) in [6, 6.07) is 6.58.